The van der Waals surface area contributed by atoms with Gasteiger partial charge in [-0.2, -0.15) is 0 Å². The smallest absolute Gasteiger partial charge is 0.317 e. The van der Waals surface area contributed by atoms with Crippen LogP contribution in [-0.4, -0.2) is 46.6 Å². The highest BCUT2D eigenvalue weighted by Crippen LogP contribution is 2.39. The fraction of sp³-hybridized carbons (Fsp3) is 0.450. The lowest BCUT2D eigenvalue weighted by Gasteiger charge is -2.34. The second kappa shape index (κ2) is 6.68. The Morgan fingerprint density at radius 2 is 2.12 bits per heavy atom. The second-order valence-corrected chi connectivity index (χ2v) is 7.48. The predicted octanol–water partition coefficient (Wildman–Crippen LogP) is 2.74. The van der Waals surface area contributed by atoms with Crippen LogP contribution in [-0.2, 0) is 16.8 Å². The summed E-state index contributed by atoms with van der Waals surface area (Å²) in [4.78, 5) is 23.8. The van der Waals surface area contributed by atoms with Gasteiger partial charge < -0.3 is 15.0 Å². The van der Waals surface area contributed by atoms with E-state index in [0.29, 0.717) is 26.3 Å². The zero-order valence-electron chi connectivity index (χ0n) is 15.2. The van der Waals surface area contributed by atoms with E-state index in [4.69, 9.17) is 9.72 Å². The summed E-state index contributed by atoms with van der Waals surface area (Å²) in [6, 6.07) is 10.1. The maximum atomic E-state index is 12.4. The molecule has 1 spiro atoms. The number of fused-ring (bicyclic) bond motifs is 2. The van der Waals surface area contributed by atoms with Gasteiger partial charge in [0, 0.05) is 36.5 Å². The third kappa shape index (κ3) is 3.05. The number of hydrogen-bond acceptors (Lipinski definition) is 4. The molecule has 26 heavy (non-hydrogen) atoms. The number of benzene rings is 1. The minimum absolute atomic E-state index is 0.0127. The van der Waals surface area contributed by atoms with Crippen LogP contribution in [0.3, 0.4) is 0 Å². The molecule has 3 heterocycles. The largest absolute Gasteiger partial charge is 0.376 e. The predicted molar refractivity (Wildman–Crippen MR) is 98.7 cm³/mol. The lowest BCUT2D eigenvalue weighted by molar-refractivity contribution is 0.0518. The molecular weight excluding hydrogens is 328 g/mol. The first-order valence-corrected chi connectivity index (χ1v) is 9.12. The summed E-state index contributed by atoms with van der Waals surface area (Å²) < 4.78 is 5.85. The number of likely N-dealkylation sites (tertiary alicyclic amines) is 1. The van der Waals surface area contributed by atoms with E-state index >= 15 is 0 Å². The van der Waals surface area contributed by atoms with E-state index in [9.17, 15) is 4.79 Å². The molecule has 1 atom stereocenters. The topological polar surface area (TPSA) is 67.4 Å². The van der Waals surface area contributed by atoms with Crippen molar-refractivity contribution in [3.8, 4) is 11.4 Å². The Morgan fingerprint density at radius 1 is 1.31 bits per heavy atom. The number of hydrogen-bond donors (Lipinski definition) is 1. The van der Waals surface area contributed by atoms with Crippen molar-refractivity contribution in [3.05, 3.63) is 47.8 Å². The maximum Gasteiger partial charge on any atom is 0.317 e. The Hall–Kier alpha value is -2.47. The minimum atomic E-state index is -0.242. The quantitative estimate of drug-likeness (QED) is 0.902. The maximum absolute atomic E-state index is 12.4. The third-order valence-electron chi connectivity index (χ3n) is 5.09. The average Bonchev–Trinajstić information content (AvgIpc) is 3.07. The molecule has 2 aromatic rings. The lowest BCUT2D eigenvalue weighted by Crippen LogP contribution is -2.45. The molecule has 136 valence electrons. The molecule has 1 saturated heterocycles. The fourth-order valence-electron chi connectivity index (χ4n) is 3.82. The molecule has 1 aromatic carbocycles. The van der Waals surface area contributed by atoms with Gasteiger partial charge in [-0.3, -0.25) is 0 Å². The van der Waals surface area contributed by atoms with Crippen molar-refractivity contribution in [2.24, 2.45) is 0 Å². The molecule has 1 aromatic heterocycles. The van der Waals surface area contributed by atoms with Crippen LogP contribution < -0.4 is 5.32 Å². The second-order valence-electron chi connectivity index (χ2n) is 7.48. The highest BCUT2D eigenvalue weighted by atomic mass is 16.5. The Kier molecular flexibility index (Phi) is 4.36. The van der Waals surface area contributed by atoms with Crippen molar-refractivity contribution in [3.63, 3.8) is 0 Å². The first kappa shape index (κ1) is 17.0. The Morgan fingerprint density at radius 3 is 2.88 bits per heavy atom. The molecular formula is C20H24N4O2. The zero-order chi connectivity index (χ0) is 18.1. The van der Waals surface area contributed by atoms with E-state index in [1.165, 1.54) is 0 Å². The Bertz CT molecular complexity index is 809. The number of urea groups is 1. The van der Waals surface area contributed by atoms with Crippen molar-refractivity contribution in [2.75, 3.05) is 19.7 Å². The summed E-state index contributed by atoms with van der Waals surface area (Å²) in [5.74, 6) is 0.732. The van der Waals surface area contributed by atoms with Crippen LogP contribution in [0.5, 0.6) is 0 Å². The van der Waals surface area contributed by atoms with Crippen molar-refractivity contribution >= 4 is 6.03 Å². The molecule has 4 rings (SSSR count). The molecule has 1 fully saturated rings. The molecule has 0 radical (unpaired) electrons. The van der Waals surface area contributed by atoms with Gasteiger partial charge in [-0.25, -0.2) is 14.8 Å². The molecule has 6 nitrogen and oxygen atoms in total. The number of carbonyl (C=O) groups excluding carboxylic acids is 1. The van der Waals surface area contributed by atoms with Gasteiger partial charge in [0.1, 0.15) is 0 Å². The van der Waals surface area contributed by atoms with E-state index in [0.717, 1.165) is 29.1 Å². The van der Waals surface area contributed by atoms with Crippen LogP contribution in [0, 0.1) is 0 Å². The summed E-state index contributed by atoms with van der Waals surface area (Å²) in [7, 11) is 0. The third-order valence-corrected chi connectivity index (χ3v) is 5.09. The number of amides is 2. The standard InChI is InChI=1S/C20H24N4O2/c1-14(2)22-19(25)24-9-8-20(12-24)13-26-11-16-10-21-18(23-17(16)20)15-6-4-3-5-7-15/h3-7,10,14H,8-9,11-13H2,1-2H3,(H,22,25)/t20-/m0/s1. The summed E-state index contributed by atoms with van der Waals surface area (Å²) in [6.07, 6.45) is 2.74. The summed E-state index contributed by atoms with van der Waals surface area (Å²) in [5, 5.41) is 2.98. The van der Waals surface area contributed by atoms with Gasteiger partial charge in [0.15, 0.2) is 5.82 Å². The van der Waals surface area contributed by atoms with E-state index in [1.54, 1.807) is 0 Å². The molecule has 0 aliphatic carbocycles. The van der Waals surface area contributed by atoms with Gasteiger partial charge in [0.25, 0.3) is 0 Å². The van der Waals surface area contributed by atoms with Gasteiger partial charge in [0.05, 0.1) is 24.3 Å². The van der Waals surface area contributed by atoms with Crippen molar-refractivity contribution in [1.29, 1.82) is 0 Å². The van der Waals surface area contributed by atoms with Gasteiger partial charge in [-0.05, 0) is 20.3 Å². The first-order valence-electron chi connectivity index (χ1n) is 9.12. The normalized spacial score (nSPS) is 21.9. The molecule has 1 N–H and O–H groups in total. The SMILES string of the molecule is CC(C)NC(=O)N1CC[C@@]2(COCc3cnc(-c4ccccc4)nc32)C1. The average molecular weight is 352 g/mol. The molecule has 2 amide bonds. The van der Waals surface area contributed by atoms with Gasteiger partial charge in [-0.15, -0.1) is 0 Å². The Balaban J connectivity index is 1.66. The molecule has 0 bridgehead atoms. The number of rotatable bonds is 2. The molecule has 2 aliphatic rings. The Labute approximate surface area is 153 Å². The summed E-state index contributed by atoms with van der Waals surface area (Å²) in [6.45, 7) is 6.42. The van der Waals surface area contributed by atoms with Crippen LogP contribution in [0.25, 0.3) is 11.4 Å². The molecule has 0 unspecified atom stereocenters. The number of ether oxygens (including phenoxy) is 1. The van der Waals surface area contributed by atoms with E-state index < -0.39 is 0 Å². The summed E-state index contributed by atoms with van der Waals surface area (Å²) >= 11 is 0. The van der Waals surface area contributed by atoms with Gasteiger partial charge in [0.2, 0.25) is 0 Å². The summed E-state index contributed by atoms with van der Waals surface area (Å²) in [5.41, 5.74) is 2.83. The van der Waals surface area contributed by atoms with Crippen molar-refractivity contribution < 1.29 is 9.53 Å². The van der Waals surface area contributed by atoms with E-state index in [1.807, 2.05) is 55.3 Å². The van der Waals surface area contributed by atoms with Crippen LogP contribution >= 0.6 is 0 Å². The highest BCUT2D eigenvalue weighted by Gasteiger charge is 2.46. The van der Waals surface area contributed by atoms with Gasteiger partial charge in [-0.1, -0.05) is 30.3 Å². The number of carbonyl (C=O) groups is 1. The zero-order valence-corrected chi connectivity index (χ0v) is 15.2. The van der Waals surface area contributed by atoms with Crippen LogP contribution in [0.15, 0.2) is 36.5 Å². The highest BCUT2D eigenvalue weighted by molar-refractivity contribution is 5.75. The van der Waals surface area contributed by atoms with E-state index in [2.05, 4.69) is 10.3 Å². The first-order chi connectivity index (χ1) is 12.6. The van der Waals surface area contributed by atoms with Crippen LogP contribution in [0.1, 0.15) is 31.5 Å². The van der Waals surface area contributed by atoms with Crippen LogP contribution in [0.4, 0.5) is 4.79 Å². The number of nitrogens with one attached hydrogen (secondary N) is 1. The van der Waals surface area contributed by atoms with Crippen molar-refractivity contribution in [2.45, 2.75) is 38.3 Å². The number of nitrogens with zero attached hydrogens (tertiary/aromatic N) is 3. The molecule has 0 saturated carbocycles. The molecule has 2 aliphatic heterocycles. The monoisotopic (exact) mass is 352 g/mol. The van der Waals surface area contributed by atoms with Crippen molar-refractivity contribution in [1.82, 2.24) is 20.2 Å². The fourth-order valence-corrected chi connectivity index (χ4v) is 3.82. The minimum Gasteiger partial charge on any atom is -0.376 e. The van der Waals surface area contributed by atoms with E-state index in [-0.39, 0.29) is 17.5 Å². The van der Waals surface area contributed by atoms with Gasteiger partial charge >= 0.3 is 6.03 Å². The number of aromatic nitrogens is 2. The lowest BCUT2D eigenvalue weighted by atomic mass is 9.80. The molecule has 6 heteroatoms. The van der Waals surface area contributed by atoms with Crippen LogP contribution in [0.2, 0.25) is 0 Å².